The van der Waals surface area contributed by atoms with Gasteiger partial charge in [0.15, 0.2) is 0 Å². The molecule has 0 radical (unpaired) electrons. The average molecular weight is 184 g/mol. The van der Waals surface area contributed by atoms with Crippen LogP contribution in [0.2, 0.25) is 0 Å². The van der Waals surface area contributed by atoms with Crippen LogP contribution >= 0.6 is 0 Å². The Morgan fingerprint density at radius 2 is 1.69 bits per heavy atom. The number of nitrogens with one attached hydrogen (secondary N) is 2. The molecule has 2 N–H and O–H groups in total. The minimum atomic E-state index is 0.978. The Morgan fingerprint density at radius 1 is 1.00 bits per heavy atom. The molecule has 0 atom stereocenters. The first kappa shape index (κ1) is 11.0. The van der Waals surface area contributed by atoms with Crippen LogP contribution < -0.4 is 10.6 Å². The molecule has 0 amide bonds. The molecular formula is C11H24N2. The zero-order valence-corrected chi connectivity index (χ0v) is 8.94. The fourth-order valence-electron chi connectivity index (χ4n) is 2.00. The van der Waals surface area contributed by atoms with Gasteiger partial charge in [0.2, 0.25) is 0 Å². The van der Waals surface area contributed by atoms with Crippen LogP contribution in [0.25, 0.3) is 0 Å². The predicted octanol–water partition coefficient (Wildman–Crippen LogP) is 1.77. The van der Waals surface area contributed by atoms with Crippen LogP contribution in [0.5, 0.6) is 0 Å². The van der Waals surface area contributed by atoms with E-state index < -0.39 is 0 Å². The minimum Gasteiger partial charge on any atom is -0.315 e. The van der Waals surface area contributed by atoms with E-state index in [4.69, 9.17) is 0 Å². The lowest BCUT2D eigenvalue weighted by Crippen LogP contribution is -2.30. The van der Waals surface area contributed by atoms with Crippen LogP contribution in [0.1, 0.15) is 39.0 Å². The van der Waals surface area contributed by atoms with E-state index in [1.54, 1.807) is 0 Å². The summed E-state index contributed by atoms with van der Waals surface area (Å²) in [5, 5.41) is 6.92. The molecule has 13 heavy (non-hydrogen) atoms. The van der Waals surface area contributed by atoms with Gasteiger partial charge in [-0.3, -0.25) is 0 Å². The number of hydrogen-bond acceptors (Lipinski definition) is 2. The van der Waals surface area contributed by atoms with Crippen LogP contribution in [0.4, 0.5) is 0 Å². The summed E-state index contributed by atoms with van der Waals surface area (Å²) in [5.41, 5.74) is 0. The van der Waals surface area contributed by atoms with Crippen molar-refractivity contribution in [3.63, 3.8) is 0 Å². The first-order chi connectivity index (χ1) is 6.43. The van der Waals surface area contributed by atoms with Gasteiger partial charge in [-0.25, -0.2) is 0 Å². The van der Waals surface area contributed by atoms with Gasteiger partial charge in [0.1, 0.15) is 0 Å². The molecule has 2 heteroatoms. The summed E-state index contributed by atoms with van der Waals surface area (Å²) in [5.74, 6) is 0.978. The van der Waals surface area contributed by atoms with E-state index in [0.717, 1.165) is 25.6 Å². The largest absolute Gasteiger partial charge is 0.315 e. The van der Waals surface area contributed by atoms with Gasteiger partial charge in [-0.15, -0.1) is 0 Å². The zero-order valence-electron chi connectivity index (χ0n) is 8.94. The van der Waals surface area contributed by atoms with Crippen LogP contribution in [0.3, 0.4) is 0 Å². The Labute approximate surface area is 82.5 Å². The molecule has 1 rings (SSSR count). The average Bonchev–Trinajstić information content (AvgIpc) is 2.63. The molecule has 0 spiro atoms. The van der Waals surface area contributed by atoms with E-state index in [1.165, 1.54) is 38.6 Å². The molecule has 2 nitrogen and oxygen atoms in total. The van der Waals surface area contributed by atoms with Crippen LogP contribution in [0, 0.1) is 5.92 Å². The molecule has 0 saturated heterocycles. The van der Waals surface area contributed by atoms with E-state index >= 15 is 0 Å². The fraction of sp³-hybridized carbons (Fsp3) is 1.00. The van der Waals surface area contributed by atoms with E-state index in [9.17, 15) is 0 Å². The highest BCUT2D eigenvalue weighted by molar-refractivity contribution is 4.69. The molecule has 0 bridgehead atoms. The highest BCUT2D eigenvalue weighted by atomic mass is 14.9. The normalized spacial score (nSPS) is 18.2. The van der Waals surface area contributed by atoms with Crippen molar-refractivity contribution in [3.8, 4) is 0 Å². The van der Waals surface area contributed by atoms with Gasteiger partial charge in [-0.2, -0.15) is 0 Å². The van der Waals surface area contributed by atoms with Crippen molar-refractivity contribution in [2.45, 2.75) is 39.0 Å². The van der Waals surface area contributed by atoms with Crippen molar-refractivity contribution in [1.82, 2.24) is 10.6 Å². The minimum absolute atomic E-state index is 0.978. The summed E-state index contributed by atoms with van der Waals surface area (Å²) in [4.78, 5) is 0. The van der Waals surface area contributed by atoms with E-state index in [1.807, 2.05) is 0 Å². The summed E-state index contributed by atoms with van der Waals surface area (Å²) < 4.78 is 0. The smallest absolute Gasteiger partial charge is 0.00768 e. The van der Waals surface area contributed by atoms with Crippen molar-refractivity contribution in [3.05, 3.63) is 0 Å². The van der Waals surface area contributed by atoms with Gasteiger partial charge in [0.25, 0.3) is 0 Å². The first-order valence-corrected chi connectivity index (χ1v) is 5.85. The number of rotatable bonds is 7. The van der Waals surface area contributed by atoms with E-state index in [2.05, 4.69) is 17.6 Å². The first-order valence-electron chi connectivity index (χ1n) is 5.85. The molecule has 1 aliphatic rings. The van der Waals surface area contributed by atoms with Crippen LogP contribution in [-0.2, 0) is 0 Å². The molecule has 0 aromatic carbocycles. The highest BCUT2D eigenvalue weighted by Gasteiger charge is 2.13. The quantitative estimate of drug-likeness (QED) is 0.589. The summed E-state index contributed by atoms with van der Waals surface area (Å²) in [6, 6.07) is 0. The maximum atomic E-state index is 3.52. The molecule has 0 unspecified atom stereocenters. The second kappa shape index (κ2) is 7.34. The summed E-state index contributed by atoms with van der Waals surface area (Å²) in [7, 11) is 0. The Bertz CT molecular complexity index is 109. The third kappa shape index (κ3) is 5.27. The lowest BCUT2D eigenvalue weighted by molar-refractivity contribution is 0.483. The van der Waals surface area contributed by atoms with E-state index in [0.29, 0.717) is 0 Å². The molecule has 1 saturated carbocycles. The maximum absolute atomic E-state index is 3.52. The van der Waals surface area contributed by atoms with Gasteiger partial charge in [0.05, 0.1) is 0 Å². The molecule has 78 valence electrons. The van der Waals surface area contributed by atoms with Crippen LogP contribution in [-0.4, -0.2) is 26.2 Å². The van der Waals surface area contributed by atoms with Gasteiger partial charge in [-0.1, -0.05) is 19.8 Å². The third-order valence-corrected chi connectivity index (χ3v) is 2.81. The monoisotopic (exact) mass is 184 g/mol. The Kier molecular flexibility index (Phi) is 6.21. The molecule has 0 aromatic heterocycles. The highest BCUT2D eigenvalue weighted by Crippen LogP contribution is 2.23. The van der Waals surface area contributed by atoms with Gasteiger partial charge in [-0.05, 0) is 38.3 Å². The van der Waals surface area contributed by atoms with Crippen molar-refractivity contribution in [2.75, 3.05) is 26.2 Å². The second-order valence-corrected chi connectivity index (χ2v) is 4.10. The fourth-order valence-corrected chi connectivity index (χ4v) is 2.00. The second-order valence-electron chi connectivity index (χ2n) is 4.10. The lowest BCUT2D eigenvalue weighted by atomic mass is 10.1. The van der Waals surface area contributed by atoms with E-state index in [-0.39, 0.29) is 0 Å². The molecule has 0 heterocycles. The standard InChI is InChI=1S/C11H24N2/c1-2-7-12-8-9-13-10-11-5-3-4-6-11/h11-13H,2-10H2,1H3. The topological polar surface area (TPSA) is 24.1 Å². The van der Waals surface area contributed by atoms with Gasteiger partial charge >= 0.3 is 0 Å². The molecule has 0 aliphatic heterocycles. The summed E-state index contributed by atoms with van der Waals surface area (Å²) in [6.45, 7) is 6.87. The Morgan fingerprint density at radius 3 is 2.38 bits per heavy atom. The van der Waals surface area contributed by atoms with Gasteiger partial charge < -0.3 is 10.6 Å². The molecule has 1 aliphatic carbocycles. The van der Waals surface area contributed by atoms with Crippen molar-refractivity contribution in [2.24, 2.45) is 5.92 Å². The van der Waals surface area contributed by atoms with Crippen molar-refractivity contribution >= 4 is 0 Å². The predicted molar refractivity (Wildman–Crippen MR) is 58.0 cm³/mol. The van der Waals surface area contributed by atoms with Crippen molar-refractivity contribution < 1.29 is 0 Å². The third-order valence-electron chi connectivity index (χ3n) is 2.81. The summed E-state index contributed by atoms with van der Waals surface area (Å²) >= 11 is 0. The lowest BCUT2D eigenvalue weighted by Gasteiger charge is -2.10. The van der Waals surface area contributed by atoms with Gasteiger partial charge in [0, 0.05) is 13.1 Å². The Balaban J connectivity index is 1.78. The molecule has 0 aromatic rings. The Hall–Kier alpha value is -0.0800. The van der Waals surface area contributed by atoms with Crippen LogP contribution in [0.15, 0.2) is 0 Å². The maximum Gasteiger partial charge on any atom is 0.00768 e. The summed E-state index contributed by atoms with van der Waals surface area (Å²) in [6.07, 6.45) is 7.06. The SMILES string of the molecule is CCCNCCNCC1CCCC1. The number of hydrogen-bond donors (Lipinski definition) is 2. The van der Waals surface area contributed by atoms with Crippen molar-refractivity contribution in [1.29, 1.82) is 0 Å². The molecule has 1 fully saturated rings. The zero-order chi connectivity index (χ0) is 9.36. The molecular weight excluding hydrogens is 160 g/mol.